The molecule has 1 heterocycles. The average Bonchev–Trinajstić information content (AvgIpc) is 2.94. The van der Waals surface area contributed by atoms with Crippen molar-refractivity contribution in [3.05, 3.63) is 83.2 Å². The number of nitrogens with zero attached hydrogens (tertiary/aromatic N) is 2. The van der Waals surface area contributed by atoms with Crippen LogP contribution >= 0.6 is 0 Å². The lowest BCUT2D eigenvalue weighted by atomic mass is 9.95. The Morgan fingerprint density at radius 2 is 1.79 bits per heavy atom. The van der Waals surface area contributed by atoms with E-state index < -0.39 is 0 Å². The Labute approximate surface area is 142 Å². The maximum absolute atomic E-state index is 6.02. The van der Waals surface area contributed by atoms with Crippen molar-refractivity contribution < 1.29 is 4.74 Å². The predicted octanol–water partition coefficient (Wildman–Crippen LogP) is 3.40. The standard InChI is InChI=1S/C20H23N3O/c1-15-12-20(23(2)22-15)19(13-21)17-8-10-18(11-9-17)24-14-16-6-4-3-5-7-16/h3-12,19H,13-14,21H2,1-2H3. The van der Waals surface area contributed by atoms with Crippen LogP contribution < -0.4 is 10.5 Å². The van der Waals surface area contributed by atoms with E-state index in [1.165, 1.54) is 5.56 Å². The SMILES string of the molecule is Cc1cc(C(CN)c2ccc(OCc3ccccc3)cc2)n(C)n1. The molecule has 3 aromatic rings. The number of rotatable bonds is 6. The molecule has 4 nitrogen and oxygen atoms in total. The highest BCUT2D eigenvalue weighted by Crippen LogP contribution is 2.26. The van der Waals surface area contributed by atoms with Crippen LogP contribution in [0.15, 0.2) is 60.7 Å². The van der Waals surface area contributed by atoms with E-state index in [4.69, 9.17) is 10.5 Å². The van der Waals surface area contributed by atoms with E-state index in [0.717, 1.165) is 22.7 Å². The third-order valence-corrected chi connectivity index (χ3v) is 4.16. The van der Waals surface area contributed by atoms with Crippen LogP contribution in [0.3, 0.4) is 0 Å². The molecule has 0 saturated heterocycles. The third kappa shape index (κ3) is 3.66. The van der Waals surface area contributed by atoms with Crippen LogP contribution in [0.5, 0.6) is 5.75 Å². The minimum Gasteiger partial charge on any atom is -0.489 e. The molecule has 0 amide bonds. The first-order valence-electron chi connectivity index (χ1n) is 8.14. The molecule has 1 unspecified atom stereocenters. The number of aryl methyl sites for hydroxylation is 2. The predicted molar refractivity (Wildman–Crippen MR) is 96.1 cm³/mol. The van der Waals surface area contributed by atoms with Gasteiger partial charge in [0.1, 0.15) is 12.4 Å². The summed E-state index contributed by atoms with van der Waals surface area (Å²) >= 11 is 0. The lowest BCUT2D eigenvalue weighted by Crippen LogP contribution is -2.17. The van der Waals surface area contributed by atoms with E-state index in [9.17, 15) is 0 Å². The highest BCUT2D eigenvalue weighted by atomic mass is 16.5. The van der Waals surface area contributed by atoms with Crippen LogP contribution in [0, 0.1) is 6.92 Å². The maximum Gasteiger partial charge on any atom is 0.119 e. The molecule has 0 saturated carbocycles. The van der Waals surface area contributed by atoms with Gasteiger partial charge in [0.15, 0.2) is 0 Å². The van der Waals surface area contributed by atoms with Crippen LogP contribution in [0.2, 0.25) is 0 Å². The van der Waals surface area contributed by atoms with Crippen LogP contribution in [0.25, 0.3) is 0 Å². The van der Waals surface area contributed by atoms with E-state index in [0.29, 0.717) is 13.2 Å². The van der Waals surface area contributed by atoms with Gasteiger partial charge in [-0.1, -0.05) is 42.5 Å². The van der Waals surface area contributed by atoms with Gasteiger partial charge in [-0.05, 0) is 36.2 Å². The Morgan fingerprint density at radius 1 is 1.08 bits per heavy atom. The van der Waals surface area contributed by atoms with Gasteiger partial charge in [-0.15, -0.1) is 0 Å². The first kappa shape index (κ1) is 16.3. The number of nitrogens with two attached hydrogens (primary N) is 1. The summed E-state index contributed by atoms with van der Waals surface area (Å²) in [4.78, 5) is 0. The zero-order chi connectivity index (χ0) is 16.9. The number of aromatic nitrogens is 2. The van der Waals surface area contributed by atoms with Crippen LogP contribution in [0.1, 0.15) is 28.4 Å². The highest BCUT2D eigenvalue weighted by molar-refractivity contribution is 5.35. The average molecular weight is 321 g/mol. The van der Waals surface area contributed by atoms with Gasteiger partial charge < -0.3 is 10.5 Å². The minimum absolute atomic E-state index is 0.138. The molecule has 24 heavy (non-hydrogen) atoms. The summed E-state index contributed by atoms with van der Waals surface area (Å²) in [5.74, 6) is 0.999. The molecule has 0 bridgehead atoms. The lowest BCUT2D eigenvalue weighted by Gasteiger charge is -2.16. The Kier molecular flexibility index (Phi) is 4.96. The van der Waals surface area contributed by atoms with E-state index in [1.54, 1.807) is 0 Å². The largest absolute Gasteiger partial charge is 0.489 e. The zero-order valence-corrected chi connectivity index (χ0v) is 14.1. The number of hydrogen-bond acceptors (Lipinski definition) is 3. The van der Waals surface area contributed by atoms with Crippen molar-refractivity contribution in [1.29, 1.82) is 0 Å². The zero-order valence-electron chi connectivity index (χ0n) is 14.1. The molecule has 3 rings (SSSR count). The fraction of sp³-hybridized carbons (Fsp3) is 0.250. The van der Waals surface area contributed by atoms with Crippen LogP contribution in [0.4, 0.5) is 0 Å². The van der Waals surface area contributed by atoms with Crippen molar-refractivity contribution in [1.82, 2.24) is 9.78 Å². The molecule has 0 radical (unpaired) electrons. The Morgan fingerprint density at radius 3 is 2.38 bits per heavy atom. The second-order valence-electron chi connectivity index (χ2n) is 5.97. The van der Waals surface area contributed by atoms with Crippen molar-refractivity contribution in [2.24, 2.45) is 12.8 Å². The lowest BCUT2D eigenvalue weighted by molar-refractivity contribution is 0.306. The molecule has 1 atom stereocenters. The fourth-order valence-corrected chi connectivity index (χ4v) is 2.92. The summed E-state index contributed by atoms with van der Waals surface area (Å²) in [5.41, 5.74) is 10.5. The minimum atomic E-state index is 0.138. The molecule has 0 aliphatic heterocycles. The van der Waals surface area contributed by atoms with Crippen molar-refractivity contribution in [3.63, 3.8) is 0 Å². The first-order chi connectivity index (χ1) is 11.7. The van der Waals surface area contributed by atoms with Gasteiger partial charge in [-0.3, -0.25) is 4.68 Å². The van der Waals surface area contributed by atoms with E-state index in [-0.39, 0.29) is 5.92 Å². The molecule has 2 aromatic carbocycles. The summed E-state index contributed by atoms with van der Waals surface area (Å²) < 4.78 is 7.75. The number of ether oxygens (including phenoxy) is 1. The Bertz CT molecular complexity index is 778. The highest BCUT2D eigenvalue weighted by Gasteiger charge is 2.17. The summed E-state index contributed by atoms with van der Waals surface area (Å²) in [5, 5.41) is 4.42. The topological polar surface area (TPSA) is 53.1 Å². The van der Waals surface area contributed by atoms with Crippen LogP contribution in [-0.2, 0) is 13.7 Å². The molecule has 0 spiro atoms. The Hall–Kier alpha value is -2.59. The molecule has 2 N–H and O–H groups in total. The van der Waals surface area contributed by atoms with Crippen molar-refractivity contribution in [3.8, 4) is 5.75 Å². The molecule has 0 fully saturated rings. The second kappa shape index (κ2) is 7.32. The summed E-state index contributed by atoms with van der Waals surface area (Å²) in [6.07, 6.45) is 0. The number of hydrogen-bond donors (Lipinski definition) is 1. The number of benzene rings is 2. The molecular formula is C20H23N3O. The molecule has 4 heteroatoms. The Balaban J connectivity index is 1.72. The first-order valence-corrected chi connectivity index (χ1v) is 8.14. The van der Waals surface area contributed by atoms with Crippen molar-refractivity contribution in [2.75, 3.05) is 6.54 Å². The fourth-order valence-electron chi connectivity index (χ4n) is 2.92. The molecule has 124 valence electrons. The molecule has 0 aliphatic rings. The van der Waals surface area contributed by atoms with Crippen molar-refractivity contribution in [2.45, 2.75) is 19.4 Å². The summed E-state index contributed by atoms with van der Waals surface area (Å²) in [6, 6.07) is 20.4. The summed E-state index contributed by atoms with van der Waals surface area (Å²) in [7, 11) is 1.96. The summed E-state index contributed by atoms with van der Waals surface area (Å²) in [6.45, 7) is 3.11. The van der Waals surface area contributed by atoms with Gasteiger partial charge in [0, 0.05) is 25.2 Å². The molecule has 0 aliphatic carbocycles. The van der Waals surface area contributed by atoms with Gasteiger partial charge >= 0.3 is 0 Å². The van der Waals surface area contributed by atoms with Gasteiger partial charge in [-0.2, -0.15) is 5.10 Å². The van der Waals surface area contributed by atoms with Gasteiger partial charge in [0.05, 0.1) is 5.69 Å². The smallest absolute Gasteiger partial charge is 0.119 e. The second-order valence-corrected chi connectivity index (χ2v) is 5.97. The quantitative estimate of drug-likeness (QED) is 0.757. The molecular weight excluding hydrogens is 298 g/mol. The van der Waals surface area contributed by atoms with E-state index in [1.807, 2.05) is 49.0 Å². The van der Waals surface area contributed by atoms with E-state index in [2.05, 4.69) is 35.4 Å². The van der Waals surface area contributed by atoms with Gasteiger partial charge in [0.2, 0.25) is 0 Å². The van der Waals surface area contributed by atoms with E-state index >= 15 is 0 Å². The van der Waals surface area contributed by atoms with Crippen molar-refractivity contribution >= 4 is 0 Å². The van der Waals surface area contributed by atoms with Crippen LogP contribution in [-0.4, -0.2) is 16.3 Å². The normalized spacial score (nSPS) is 12.1. The molecule has 1 aromatic heterocycles. The monoisotopic (exact) mass is 321 g/mol. The maximum atomic E-state index is 6.02. The van der Waals surface area contributed by atoms with Gasteiger partial charge in [0.25, 0.3) is 0 Å². The third-order valence-electron chi connectivity index (χ3n) is 4.16. The van der Waals surface area contributed by atoms with Gasteiger partial charge in [-0.25, -0.2) is 0 Å².